The summed E-state index contributed by atoms with van der Waals surface area (Å²) < 4.78 is 2.16. The Morgan fingerprint density at radius 1 is 1.26 bits per heavy atom. The molecule has 1 saturated heterocycles. The topological polar surface area (TPSA) is 44.9 Å². The average molecular weight is 258 g/mol. The van der Waals surface area contributed by atoms with Crippen molar-refractivity contribution in [2.45, 2.75) is 51.1 Å². The zero-order chi connectivity index (χ0) is 13.1. The van der Waals surface area contributed by atoms with Crippen molar-refractivity contribution in [2.24, 2.45) is 5.92 Å². The summed E-state index contributed by atoms with van der Waals surface area (Å²) in [5, 5.41) is 13.8. The van der Waals surface area contributed by atoms with Crippen molar-refractivity contribution in [1.82, 2.24) is 14.7 Å². The van der Waals surface area contributed by atoms with Crippen LogP contribution in [0.5, 0.6) is 0 Å². The van der Waals surface area contributed by atoms with Gasteiger partial charge in [-0.05, 0) is 38.3 Å². The quantitative estimate of drug-likeness (QED) is 0.837. The van der Waals surface area contributed by atoms with Gasteiger partial charge in [-0.2, -0.15) is 10.4 Å². The first-order valence-electron chi connectivity index (χ1n) is 7.51. The molecule has 1 atom stereocenters. The van der Waals surface area contributed by atoms with Gasteiger partial charge < -0.3 is 0 Å². The number of rotatable bonds is 3. The van der Waals surface area contributed by atoms with E-state index < -0.39 is 0 Å². The third kappa shape index (κ3) is 2.98. The van der Waals surface area contributed by atoms with Crippen LogP contribution in [0, 0.1) is 17.2 Å². The summed E-state index contributed by atoms with van der Waals surface area (Å²) in [7, 11) is 0. The summed E-state index contributed by atoms with van der Waals surface area (Å²) in [6, 6.07) is 5.18. The number of nitrogens with zero attached hydrogens (tertiary/aromatic N) is 4. The Hall–Kier alpha value is -1.34. The van der Waals surface area contributed by atoms with Crippen molar-refractivity contribution in [2.75, 3.05) is 13.1 Å². The molecule has 1 aromatic heterocycles. The molecule has 0 spiro atoms. The Morgan fingerprint density at radius 2 is 2.11 bits per heavy atom. The summed E-state index contributed by atoms with van der Waals surface area (Å²) in [6.45, 7) is 2.92. The van der Waals surface area contributed by atoms with E-state index in [1.165, 1.54) is 25.7 Å². The SMILES string of the molecule is N#CC1CCCN(Cc2ccn(C3CCCC3)n2)C1. The summed E-state index contributed by atoms with van der Waals surface area (Å²) in [5.41, 5.74) is 1.16. The highest BCUT2D eigenvalue weighted by Crippen LogP contribution is 2.28. The van der Waals surface area contributed by atoms with E-state index in [4.69, 9.17) is 10.4 Å². The van der Waals surface area contributed by atoms with Crippen molar-refractivity contribution in [3.8, 4) is 6.07 Å². The second-order valence-electron chi connectivity index (χ2n) is 5.93. The zero-order valence-corrected chi connectivity index (χ0v) is 11.5. The largest absolute Gasteiger partial charge is 0.296 e. The molecular formula is C15H22N4. The maximum Gasteiger partial charge on any atom is 0.0764 e. The van der Waals surface area contributed by atoms with Gasteiger partial charge in [0, 0.05) is 19.3 Å². The number of hydrogen-bond acceptors (Lipinski definition) is 3. The molecule has 2 fully saturated rings. The lowest BCUT2D eigenvalue weighted by Crippen LogP contribution is -2.34. The Bertz CT molecular complexity index is 453. The van der Waals surface area contributed by atoms with Crippen molar-refractivity contribution in [3.05, 3.63) is 18.0 Å². The second-order valence-corrected chi connectivity index (χ2v) is 5.93. The number of likely N-dealkylation sites (tertiary alicyclic amines) is 1. The summed E-state index contributed by atoms with van der Waals surface area (Å²) in [5.74, 6) is 0.214. The molecule has 3 rings (SSSR count). The van der Waals surface area contributed by atoms with Gasteiger partial charge >= 0.3 is 0 Å². The molecular weight excluding hydrogens is 236 g/mol. The highest BCUT2D eigenvalue weighted by atomic mass is 15.3. The lowest BCUT2D eigenvalue weighted by Gasteiger charge is -2.28. The molecule has 1 aromatic rings. The summed E-state index contributed by atoms with van der Waals surface area (Å²) >= 11 is 0. The fourth-order valence-corrected chi connectivity index (χ4v) is 3.37. The van der Waals surface area contributed by atoms with Gasteiger partial charge in [0.05, 0.1) is 23.7 Å². The Balaban J connectivity index is 1.59. The highest BCUT2D eigenvalue weighted by molar-refractivity contribution is 5.01. The molecule has 0 radical (unpaired) electrons. The van der Waals surface area contributed by atoms with Gasteiger partial charge in [0.25, 0.3) is 0 Å². The highest BCUT2D eigenvalue weighted by Gasteiger charge is 2.21. The maximum absolute atomic E-state index is 9.03. The lowest BCUT2D eigenvalue weighted by atomic mass is 10.00. The van der Waals surface area contributed by atoms with Gasteiger partial charge in [-0.25, -0.2) is 0 Å². The fourth-order valence-electron chi connectivity index (χ4n) is 3.37. The predicted octanol–water partition coefficient (Wildman–Crippen LogP) is 2.73. The summed E-state index contributed by atoms with van der Waals surface area (Å²) in [6.07, 6.45) is 9.58. The van der Waals surface area contributed by atoms with E-state index in [0.717, 1.165) is 38.2 Å². The van der Waals surface area contributed by atoms with Crippen LogP contribution in [-0.4, -0.2) is 27.8 Å². The van der Waals surface area contributed by atoms with Crippen molar-refractivity contribution >= 4 is 0 Å². The van der Waals surface area contributed by atoms with Crippen LogP contribution in [0.1, 0.15) is 50.3 Å². The average Bonchev–Trinajstić information content (AvgIpc) is 3.09. The van der Waals surface area contributed by atoms with Crippen LogP contribution in [0.25, 0.3) is 0 Å². The van der Waals surface area contributed by atoms with Crippen molar-refractivity contribution in [1.29, 1.82) is 5.26 Å². The van der Waals surface area contributed by atoms with E-state index in [0.29, 0.717) is 6.04 Å². The zero-order valence-electron chi connectivity index (χ0n) is 11.5. The molecule has 0 amide bonds. The predicted molar refractivity (Wildman–Crippen MR) is 73.3 cm³/mol. The number of nitriles is 1. The minimum atomic E-state index is 0.214. The lowest BCUT2D eigenvalue weighted by molar-refractivity contribution is 0.189. The molecule has 1 aliphatic carbocycles. The normalized spacial score (nSPS) is 25.5. The second kappa shape index (κ2) is 5.75. The van der Waals surface area contributed by atoms with Crippen LogP contribution in [-0.2, 0) is 6.54 Å². The van der Waals surface area contributed by atoms with Crippen LogP contribution in [0.4, 0.5) is 0 Å². The molecule has 0 N–H and O–H groups in total. The Kier molecular flexibility index (Phi) is 3.84. The van der Waals surface area contributed by atoms with Crippen LogP contribution in [0.3, 0.4) is 0 Å². The minimum Gasteiger partial charge on any atom is -0.296 e. The number of piperidine rings is 1. The Morgan fingerprint density at radius 3 is 2.89 bits per heavy atom. The first-order valence-corrected chi connectivity index (χ1v) is 7.51. The van der Waals surface area contributed by atoms with Crippen molar-refractivity contribution < 1.29 is 0 Å². The van der Waals surface area contributed by atoms with Gasteiger partial charge in [0.15, 0.2) is 0 Å². The van der Waals surface area contributed by atoms with Crippen LogP contribution >= 0.6 is 0 Å². The van der Waals surface area contributed by atoms with Crippen LogP contribution in [0.15, 0.2) is 12.3 Å². The third-order valence-electron chi connectivity index (χ3n) is 4.44. The van der Waals surface area contributed by atoms with E-state index in [2.05, 4.69) is 27.9 Å². The van der Waals surface area contributed by atoms with Gasteiger partial charge in [0.2, 0.25) is 0 Å². The number of hydrogen-bond donors (Lipinski definition) is 0. The smallest absolute Gasteiger partial charge is 0.0764 e. The standard InChI is InChI=1S/C15H22N4/c16-10-13-4-3-8-18(11-13)12-14-7-9-19(17-14)15-5-1-2-6-15/h7,9,13,15H,1-6,8,11-12H2. The van der Waals surface area contributed by atoms with E-state index in [1.807, 2.05) is 0 Å². The van der Waals surface area contributed by atoms with E-state index in [-0.39, 0.29) is 5.92 Å². The molecule has 0 bridgehead atoms. The molecule has 1 saturated carbocycles. The van der Waals surface area contributed by atoms with Gasteiger partial charge in [-0.3, -0.25) is 9.58 Å². The van der Waals surface area contributed by atoms with Crippen LogP contribution in [0.2, 0.25) is 0 Å². The van der Waals surface area contributed by atoms with Crippen LogP contribution < -0.4 is 0 Å². The first-order chi connectivity index (χ1) is 9.35. The molecule has 102 valence electrons. The van der Waals surface area contributed by atoms with Gasteiger partial charge in [0.1, 0.15) is 0 Å². The van der Waals surface area contributed by atoms with Gasteiger partial charge in [-0.1, -0.05) is 12.8 Å². The minimum absolute atomic E-state index is 0.214. The molecule has 1 aliphatic heterocycles. The monoisotopic (exact) mass is 258 g/mol. The fraction of sp³-hybridized carbons (Fsp3) is 0.733. The molecule has 1 unspecified atom stereocenters. The maximum atomic E-state index is 9.03. The van der Waals surface area contributed by atoms with Gasteiger partial charge in [-0.15, -0.1) is 0 Å². The Labute approximate surface area is 115 Å². The van der Waals surface area contributed by atoms with E-state index >= 15 is 0 Å². The van der Waals surface area contributed by atoms with Crippen molar-refractivity contribution in [3.63, 3.8) is 0 Å². The molecule has 19 heavy (non-hydrogen) atoms. The number of aromatic nitrogens is 2. The first kappa shape index (κ1) is 12.7. The van der Waals surface area contributed by atoms with E-state index in [1.54, 1.807) is 0 Å². The molecule has 4 heteroatoms. The molecule has 2 heterocycles. The molecule has 2 aliphatic rings. The molecule has 0 aromatic carbocycles. The summed E-state index contributed by atoms with van der Waals surface area (Å²) in [4.78, 5) is 2.37. The molecule has 4 nitrogen and oxygen atoms in total. The third-order valence-corrected chi connectivity index (χ3v) is 4.44. The van der Waals surface area contributed by atoms with E-state index in [9.17, 15) is 0 Å².